The van der Waals surface area contributed by atoms with E-state index in [1.165, 1.54) is 32.1 Å². The summed E-state index contributed by atoms with van der Waals surface area (Å²) in [6, 6.07) is 0.370. The van der Waals surface area contributed by atoms with Gasteiger partial charge in [0, 0.05) is 6.04 Å². The Labute approximate surface area is 87.1 Å². The summed E-state index contributed by atoms with van der Waals surface area (Å²) < 4.78 is 0. The molecule has 1 saturated carbocycles. The second-order valence-corrected chi connectivity index (χ2v) is 5.31. The van der Waals surface area contributed by atoms with Crippen LogP contribution in [0.25, 0.3) is 0 Å². The average Bonchev–Trinajstić information content (AvgIpc) is 2.45. The maximum absolute atomic E-state index is 10.5. The molecule has 1 aliphatic heterocycles. The highest BCUT2D eigenvalue weighted by molar-refractivity contribution is 4.97. The lowest BCUT2D eigenvalue weighted by Crippen LogP contribution is -2.48. The monoisotopic (exact) mass is 197 g/mol. The Morgan fingerprint density at radius 2 is 2.07 bits per heavy atom. The molecule has 3 unspecified atom stereocenters. The van der Waals surface area contributed by atoms with Gasteiger partial charge in [-0.1, -0.05) is 19.8 Å². The van der Waals surface area contributed by atoms with Gasteiger partial charge in [-0.15, -0.1) is 0 Å². The molecule has 1 aliphatic carbocycles. The van der Waals surface area contributed by atoms with Gasteiger partial charge < -0.3 is 10.4 Å². The molecule has 1 saturated heterocycles. The first-order valence-electron chi connectivity index (χ1n) is 6.16. The van der Waals surface area contributed by atoms with Gasteiger partial charge in [0.15, 0.2) is 0 Å². The van der Waals surface area contributed by atoms with E-state index in [0.717, 1.165) is 19.4 Å². The standard InChI is InChI=1S/C12H23NO/c1-10-6-7-12(14,9-10)11-5-3-2-4-8-13-11/h10-11,13-14H,2-9H2,1H3. The fourth-order valence-electron chi connectivity index (χ4n) is 3.11. The summed E-state index contributed by atoms with van der Waals surface area (Å²) in [4.78, 5) is 0. The van der Waals surface area contributed by atoms with E-state index >= 15 is 0 Å². The molecule has 1 heterocycles. The molecule has 0 radical (unpaired) electrons. The van der Waals surface area contributed by atoms with Gasteiger partial charge in [-0.25, -0.2) is 0 Å². The predicted molar refractivity (Wildman–Crippen MR) is 58.2 cm³/mol. The number of hydrogen-bond acceptors (Lipinski definition) is 2. The van der Waals surface area contributed by atoms with Gasteiger partial charge in [0.1, 0.15) is 0 Å². The molecule has 2 nitrogen and oxygen atoms in total. The van der Waals surface area contributed by atoms with Gasteiger partial charge in [0.25, 0.3) is 0 Å². The van der Waals surface area contributed by atoms with E-state index in [9.17, 15) is 5.11 Å². The first-order valence-corrected chi connectivity index (χ1v) is 6.16. The highest BCUT2D eigenvalue weighted by Gasteiger charge is 2.41. The highest BCUT2D eigenvalue weighted by atomic mass is 16.3. The molecule has 14 heavy (non-hydrogen) atoms. The van der Waals surface area contributed by atoms with Crippen LogP contribution in [-0.2, 0) is 0 Å². The van der Waals surface area contributed by atoms with Gasteiger partial charge in [0.05, 0.1) is 5.60 Å². The van der Waals surface area contributed by atoms with Gasteiger partial charge >= 0.3 is 0 Å². The Morgan fingerprint density at radius 1 is 1.21 bits per heavy atom. The molecule has 82 valence electrons. The van der Waals surface area contributed by atoms with Crippen molar-refractivity contribution in [2.75, 3.05) is 6.54 Å². The van der Waals surface area contributed by atoms with Gasteiger partial charge in [-0.2, -0.15) is 0 Å². The first-order chi connectivity index (χ1) is 6.71. The Hall–Kier alpha value is -0.0800. The van der Waals surface area contributed by atoms with Crippen LogP contribution in [0.3, 0.4) is 0 Å². The van der Waals surface area contributed by atoms with Gasteiger partial charge in [-0.05, 0) is 44.6 Å². The van der Waals surface area contributed by atoms with Crippen molar-refractivity contribution < 1.29 is 5.11 Å². The Balaban J connectivity index is 1.97. The number of nitrogens with one attached hydrogen (secondary N) is 1. The summed E-state index contributed by atoms with van der Waals surface area (Å²) in [5, 5.41) is 14.1. The lowest BCUT2D eigenvalue weighted by atomic mass is 9.88. The van der Waals surface area contributed by atoms with E-state index in [-0.39, 0.29) is 5.60 Å². The van der Waals surface area contributed by atoms with Crippen LogP contribution in [0.5, 0.6) is 0 Å². The van der Waals surface area contributed by atoms with Crippen molar-refractivity contribution in [2.24, 2.45) is 5.92 Å². The molecule has 2 aliphatic rings. The molecular formula is C12H23NO. The smallest absolute Gasteiger partial charge is 0.0802 e. The molecule has 2 heteroatoms. The van der Waals surface area contributed by atoms with Crippen LogP contribution in [0, 0.1) is 5.92 Å². The van der Waals surface area contributed by atoms with Gasteiger partial charge in [0.2, 0.25) is 0 Å². The molecule has 2 fully saturated rings. The largest absolute Gasteiger partial charge is 0.388 e. The fraction of sp³-hybridized carbons (Fsp3) is 1.00. The fourth-order valence-corrected chi connectivity index (χ4v) is 3.11. The number of hydrogen-bond donors (Lipinski definition) is 2. The van der Waals surface area contributed by atoms with E-state index < -0.39 is 0 Å². The molecule has 0 aromatic heterocycles. The zero-order chi connectivity index (χ0) is 10.0. The van der Waals surface area contributed by atoms with Crippen LogP contribution >= 0.6 is 0 Å². The number of aliphatic hydroxyl groups is 1. The summed E-state index contributed by atoms with van der Waals surface area (Å²) in [6.07, 6.45) is 8.28. The first kappa shape index (κ1) is 10.4. The molecule has 0 bridgehead atoms. The Morgan fingerprint density at radius 3 is 2.79 bits per heavy atom. The van der Waals surface area contributed by atoms with Crippen molar-refractivity contribution in [1.82, 2.24) is 5.32 Å². The topological polar surface area (TPSA) is 32.3 Å². The quantitative estimate of drug-likeness (QED) is 0.674. The molecule has 0 aromatic carbocycles. The van der Waals surface area contributed by atoms with E-state index in [4.69, 9.17) is 0 Å². The van der Waals surface area contributed by atoms with E-state index in [2.05, 4.69) is 12.2 Å². The Bertz CT molecular complexity index is 187. The molecule has 0 aromatic rings. The summed E-state index contributed by atoms with van der Waals surface area (Å²) in [6.45, 7) is 3.36. The third-order valence-corrected chi connectivity index (χ3v) is 3.98. The molecule has 2 N–H and O–H groups in total. The van der Waals surface area contributed by atoms with Crippen LogP contribution in [0.1, 0.15) is 51.9 Å². The van der Waals surface area contributed by atoms with Crippen molar-refractivity contribution in [3.8, 4) is 0 Å². The normalized spacial score (nSPS) is 45.0. The lowest BCUT2D eigenvalue weighted by molar-refractivity contribution is 0.00355. The van der Waals surface area contributed by atoms with Crippen molar-refractivity contribution in [3.63, 3.8) is 0 Å². The minimum Gasteiger partial charge on any atom is -0.388 e. The van der Waals surface area contributed by atoms with E-state index in [1.54, 1.807) is 0 Å². The molecule has 0 amide bonds. The third kappa shape index (κ3) is 2.12. The van der Waals surface area contributed by atoms with Crippen LogP contribution < -0.4 is 5.32 Å². The van der Waals surface area contributed by atoms with Crippen molar-refractivity contribution in [2.45, 2.75) is 63.5 Å². The summed E-state index contributed by atoms with van der Waals surface area (Å²) in [7, 11) is 0. The Kier molecular flexibility index (Phi) is 3.13. The van der Waals surface area contributed by atoms with E-state index in [0.29, 0.717) is 12.0 Å². The van der Waals surface area contributed by atoms with Crippen LogP contribution in [0.4, 0.5) is 0 Å². The summed E-state index contributed by atoms with van der Waals surface area (Å²) in [5.74, 6) is 0.713. The maximum Gasteiger partial charge on any atom is 0.0802 e. The van der Waals surface area contributed by atoms with Crippen LogP contribution in [0.2, 0.25) is 0 Å². The minimum atomic E-state index is -0.385. The van der Waals surface area contributed by atoms with Crippen LogP contribution in [-0.4, -0.2) is 23.3 Å². The lowest BCUT2D eigenvalue weighted by Gasteiger charge is -2.32. The third-order valence-electron chi connectivity index (χ3n) is 3.98. The summed E-state index contributed by atoms with van der Waals surface area (Å²) in [5.41, 5.74) is -0.385. The van der Waals surface area contributed by atoms with Crippen molar-refractivity contribution >= 4 is 0 Å². The minimum absolute atomic E-state index is 0.370. The second kappa shape index (κ2) is 4.19. The zero-order valence-corrected chi connectivity index (χ0v) is 9.26. The van der Waals surface area contributed by atoms with Gasteiger partial charge in [-0.3, -0.25) is 0 Å². The number of rotatable bonds is 1. The van der Waals surface area contributed by atoms with Crippen molar-refractivity contribution in [3.05, 3.63) is 0 Å². The SMILES string of the molecule is CC1CCC(O)(C2CCCCCN2)C1. The zero-order valence-electron chi connectivity index (χ0n) is 9.26. The average molecular weight is 197 g/mol. The predicted octanol–water partition coefficient (Wildman–Crippen LogP) is 2.07. The molecule has 2 rings (SSSR count). The van der Waals surface area contributed by atoms with Crippen molar-refractivity contribution in [1.29, 1.82) is 0 Å². The second-order valence-electron chi connectivity index (χ2n) is 5.31. The molecular weight excluding hydrogens is 174 g/mol. The highest BCUT2D eigenvalue weighted by Crippen LogP contribution is 2.38. The maximum atomic E-state index is 10.5. The van der Waals surface area contributed by atoms with E-state index in [1.807, 2.05) is 0 Å². The van der Waals surface area contributed by atoms with Crippen LogP contribution in [0.15, 0.2) is 0 Å². The summed E-state index contributed by atoms with van der Waals surface area (Å²) >= 11 is 0. The molecule has 0 spiro atoms. The molecule has 3 atom stereocenters.